The van der Waals surface area contributed by atoms with Gasteiger partial charge in [0.1, 0.15) is 6.04 Å². The van der Waals surface area contributed by atoms with Crippen molar-refractivity contribution in [2.45, 2.75) is 18.9 Å². The van der Waals surface area contributed by atoms with E-state index in [0.29, 0.717) is 0 Å². The molecule has 0 bridgehead atoms. The Morgan fingerprint density at radius 1 is 1.43 bits per heavy atom. The molecule has 1 heterocycles. The lowest BCUT2D eigenvalue weighted by Gasteiger charge is -2.13. The molecule has 2 rings (SSSR count). The van der Waals surface area contributed by atoms with Crippen LogP contribution in [0.4, 0.5) is 5.69 Å². The quantitative estimate of drug-likeness (QED) is 0.687. The number of rotatable bonds is 1. The molecule has 1 aromatic rings. The zero-order valence-corrected chi connectivity index (χ0v) is 8.28. The average molecular weight is 191 g/mol. The maximum atomic E-state index is 11.4. The van der Waals surface area contributed by atoms with Crippen molar-refractivity contribution in [3.63, 3.8) is 0 Å². The number of fused-ring (bicyclic) bond motifs is 1. The highest BCUT2D eigenvalue weighted by atomic mass is 16.5. The van der Waals surface area contributed by atoms with Crippen LogP contribution in [0.2, 0.25) is 0 Å². The summed E-state index contributed by atoms with van der Waals surface area (Å²) < 4.78 is 4.73. The van der Waals surface area contributed by atoms with Crippen LogP contribution in [-0.2, 0) is 9.53 Å². The summed E-state index contributed by atoms with van der Waals surface area (Å²) in [6.45, 7) is 2.03. The number of hydrogen-bond donors (Lipinski definition) is 1. The van der Waals surface area contributed by atoms with Gasteiger partial charge < -0.3 is 10.1 Å². The number of carbonyl (C=O) groups is 1. The van der Waals surface area contributed by atoms with E-state index in [1.54, 1.807) is 0 Å². The van der Waals surface area contributed by atoms with Gasteiger partial charge in [-0.05, 0) is 11.6 Å². The van der Waals surface area contributed by atoms with Crippen LogP contribution in [-0.4, -0.2) is 19.1 Å². The van der Waals surface area contributed by atoms with Crippen molar-refractivity contribution >= 4 is 11.7 Å². The molecule has 0 unspecified atom stereocenters. The second-order valence-electron chi connectivity index (χ2n) is 3.52. The van der Waals surface area contributed by atoms with Crippen molar-refractivity contribution in [1.29, 1.82) is 0 Å². The summed E-state index contributed by atoms with van der Waals surface area (Å²) in [6, 6.07) is 7.72. The number of nitrogens with one attached hydrogen (secondary N) is 1. The molecule has 1 aliphatic rings. The third kappa shape index (κ3) is 1.25. The summed E-state index contributed by atoms with van der Waals surface area (Å²) in [5, 5.41) is 3.16. The van der Waals surface area contributed by atoms with Crippen molar-refractivity contribution in [2.24, 2.45) is 0 Å². The van der Waals surface area contributed by atoms with E-state index in [-0.39, 0.29) is 17.9 Å². The number of ether oxygens (including phenoxy) is 1. The van der Waals surface area contributed by atoms with Gasteiger partial charge in [-0.1, -0.05) is 25.1 Å². The fraction of sp³-hybridized carbons (Fsp3) is 0.364. The topological polar surface area (TPSA) is 38.3 Å². The van der Waals surface area contributed by atoms with Crippen molar-refractivity contribution in [2.75, 3.05) is 12.4 Å². The standard InChI is InChI=1S/C11H13NO2/c1-7-8-5-3-4-6-9(8)12-10(7)11(13)14-2/h3-7,10,12H,1-2H3/t7-,10-/m0/s1. The number of methoxy groups -OCH3 is 1. The first-order chi connectivity index (χ1) is 6.74. The van der Waals surface area contributed by atoms with Crippen LogP contribution < -0.4 is 5.32 Å². The zero-order chi connectivity index (χ0) is 10.1. The Morgan fingerprint density at radius 2 is 2.14 bits per heavy atom. The monoisotopic (exact) mass is 191 g/mol. The summed E-state index contributed by atoms with van der Waals surface area (Å²) in [7, 11) is 1.42. The van der Waals surface area contributed by atoms with Gasteiger partial charge >= 0.3 is 5.97 Å². The summed E-state index contributed by atoms with van der Waals surface area (Å²) >= 11 is 0. The van der Waals surface area contributed by atoms with Gasteiger partial charge in [0, 0.05) is 11.6 Å². The molecule has 3 heteroatoms. The Labute approximate surface area is 83.1 Å². The first kappa shape index (κ1) is 9.06. The molecule has 0 spiro atoms. The Balaban J connectivity index is 2.30. The van der Waals surface area contributed by atoms with Crippen LogP contribution in [0.5, 0.6) is 0 Å². The van der Waals surface area contributed by atoms with Gasteiger partial charge in [-0.15, -0.1) is 0 Å². The van der Waals surface area contributed by atoms with Gasteiger partial charge in [0.2, 0.25) is 0 Å². The minimum Gasteiger partial charge on any atom is -0.467 e. The van der Waals surface area contributed by atoms with E-state index < -0.39 is 0 Å². The Morgan fingerprint density at radius 3 is 2.79 bits per heavy atom. The molecule has 0 saturated carbocycles. The largest absolute Gasteiger partial charge is 0.467 e. The summed E-state index contributed by atoms with van der Waals surface area (Å²) in [4.78, 5) is 11.4. The maximum Gasteiger partial charge on any atom is 0.328 e. The Kier molecular flexibility index (Phi) is 2.15. The smallest absolute Gasteiger partial charge is 0.328 e. The number of benzene rings is 1. The van der Waals surface area contributed by atoms with Gasteiger partial charge in [0.25, 0.3) is 0 Å². The van der Waals surface area contributed by atoms with Crippen LogP contribution >= 0.6 is 0 Å². The first-order valence-electron chi connectivity index (χ1n) is 4.67. The van der Waals surface area contributed by atoms with Crippen LogP contribution in [0.3, 0.4) is 0 Å². The molecule has 0 fully saturated rings. The van der Waals surface area contributed by atoms with Crippen molar-refractivity contribution in [1.82, 2.24) is 0 Å². The van der Waals surface area contributed by atoms with Crippen molar-refractivity contribution < 1.29 is 9.53 Å². The molecule has 1 N–H and O–H groups in total. The predicted octanol–water partition coefficient (Wildman–Crippen LogP) is 1.76. The van der Waals surface area contributed by atoms with Crippen LogP contribution in [0.1, 0.15) is 18.4 Å². The molecular formula is C11H13NO2. The minimum absolute atomic E-state index is 0.179. The van der Waals surface area contributed by atoms with Crippen LogP contribution in [0.15, 0.2) is 24.3 Å². The van der Waals surface area contributed by atoms with Crippen molar-refractivity contribution in [3.05, 3.63) is 29.8 Å². The molecule has 0 amide bonds. The highest BCUT2D eigenvalue weighted by Gasteiger charge is 2.34. The third-order valence-corrected chi connectivity index (χ3v) is 2.72. The molecule has 0 radical (unpaired) electrons. The summed E-state index contributed by atoms with van der Waals surface area (Å²) in [6.07, 6.45) is 0. The van der Waals surface area contributed by atoms with Gasteiger partial charge in [-0.3, -0.25) is 0 Å². The van der Waals surface area contributed by atoms with Crippen LogP contribution in [0, 0.1) is 0 Å². The van der Waals surface area contributed by atoms with E-state index in [1.807, 2.05) is 31.2 Å². The fourth-order valence-corrected chi connectivity index (χ4v) is 1.89. The lowest BCUT2D eigenvalue weighted by atomic mass is 9.97. The molecular weight excluding hydrogens is 178 g/mol. The first-order valence-corrected chi connectivity index (χ1v) is 4.67. The molecule has 0 saturated heterocycles. The molecule has 2 atom stereocenters. The molecule has 0 aromatic heterocycles. The molecule has 74 valence electrons. The highest BCUT2D eigenvalue weighted by molar-refractivity contribution is 5.84. The SMILES string of the molecule is COC(=O)[C@H]1Nc2ccccc2[C@@H]1C. The number of para-hydroxylation sites is 1. The molecule has 3 nitrogen and oxygen atoms in total. The fourth-order valence-electron chi connectivity index (χ4n) is 1.89. The van der Waals surface area contributed by atoms with E-state index in [1.165, 1.54) is 12.7 Å². The predicted molar refractivity (Wildman–Crippen MR) is 54.3 cm³/mol. The number of anilines is 1. The summed E-state index contributed by atoms with van der Waals surface area (Å²) in [5.74, 6) is -0.0210. The number of carbonyl (C=O) groups excluding carboxylic acids is 1. The minimum atomic E-state index is -0.239. The number of esters is 1. The van der Waals surface area contributed by atoms with Crippen LogP contribution in [0.25, 0.3) is 0 Å². The Bertz CT molecular complexity index is 362. The second-order valence-corrected chi connectivity index (χ2v) is 3.52. The second kappa shape index (κ2) is 3.33. The van der Waals surface area contributed by atoms with Gasteiger partial charge in [-0.25, -0.2) is 4.79 Å². The molecule has 1 aromatic carbocycles. The maximum absolute atomic E-state index is 11.4. The van der Waals surface area contributed by atoms with E-state index in [4.69, 9.17) is 4.74 Å². The lowest BCUT2D eigenvalue weighted by Crippen LogP contribution is -2.30. The van der Waals surface area contributed by atoms with E-state index in [2.05, 4.69) is 5.32 Å². The lowest BCUT2D eigenvalue weighted by molar-refractivity contribution is -0.141. The molecule has 1 aliphatic heterocycles. The third-order valence-electron chi connectivity index (χ3n) is 2.72. The number of hydrogen-bond acceptors (Lipinski definition) is 3. The van der Waals surface area contributed by atoms with Gasteiger partial charge in [0.15, 0.2) is 0 Å². The van der Waals surface area contributed by atoms with E-state index in [9.17, 15) is 4.79 Å². The highest BCUT2D eigenvalue weighted by Crippen LogP contribution is 2.35. The van der Waals surface area contributed by atoms with E-state index >= 15 is 0 Å². The zero-order valence-electron chi connectivity index (χ0n) is 8.28. The molecule has 14 heavy (non-hydrogen) atoms. The Hall–Kier alpha value is -1.51. The average Bonchev–Trinajstić information content (AvgIpc) is 2.56. The van der Waals surface area contributed by atoms with Gasteiger partial charge in [0.05, 0.1) is 7.11 Å². The van der Waals surface area contributed by atoms with Crippen molar-refractivity contribution in [3.8, 4) is 0 Å². The van der Waals surface area contributed by atoms with Gasteiger partial charge in [-0.2, -0.15) is 0 Å². The normalized spacial score (nSPS) is 23.9. The molecule has 0 aliphatic carbocycles. The van der Waals surface area contributed by atoms with E-state index in [0.717, 1.165) is 5.69 Å². The summed E-state index contributed by atoms with van der Waals surface area (Å²) in [5.41, 5.74) is 2.22.